The summed E-state index contributed by atoms with van der Waals surface area (Å²) < 4.78 is 3.75. The third kappa shape index (κ3) is 2.28. The van der Waals surface area contributed by atoms with E-state index in [1.165, 1.54) is 0 Å². The molecule has 0 N–H and O–H groups in total. The summed E-state index contributed by atoms with van der Waals surface area (Å²) >= 11 is 5.97. The molecule has 120 valence electrons. The highest BCUT2D eigenvalue weighted by Gasteiger charge is 2.13. The minimum absolute atomic E-state index is 0.709. The van der Waals surface area contributed by atoms with E-state index in [9.17, 15) is 0 Å². The van der Waals surface area contributed by atoms with Gasteiger partial charge in [-0.2, -0.15) is 5.10 Å². The van der Waals surface area contributed by atoms with Crippen molar-refractivity contribution < 1.29 is 0 Å². The Labute approximate surface area is 148 Å². The number of aromatic nitrogens is 5. The summed E-state index contributed by atoms with van der Waals surface area (Å²) in [4.78, 5) is 9.34. The molecule has 0 fully saturated rings. The number of rotatable bonds is 2. The van der Waals surface area contributed by atoms with Gasteiger partial charge in [-0.25, -0.2) is 14.6 Å². The smallest absolute Gasteiger partial charge is 0.168 e. The lowest BCUT2D eigenvalue weighted by Crippen LogP contribution is -1.97. The maximum Gasteiger partial charge on any atom is 0.168 e. The van der Waals surface area contributed by atoms with Gasteiger partial charge in [-0.1, -0.05) is 41.9 Å². The number of benzene rings is 2. The molecular formula is C19H12ClN5. The molecule has 0 saturated heterocycles. The SMILES string of the molecule is Clc1ccc(-c2cn3cnc4c(cnn4-c4ccccc4)c3n2)cc1. The first kappa shape index (κ1) is 14.2. The van der Waals surface area contributed by atoms with Gasteiger partial charge in [0.15, 0.2) is 11.3 Å². The highest BCUT2D eigenvalue weighted by molar-refractivity contribution is 6.30. The Morgan fingerprint density at radius 3 is 2.48 bits per heavy atom. The van der Waals surface area contributed by atoms with E-state index in [0.29, 0.717) is 5.02 Å². The van der Waals surface area contributed by atoms with Gasteiger partial charge in [-0.05, 0) is 24.3 Å². The minimum Gasteiger partial charge on any atom is -0.289 e. The Balaban J connectivity index is 1.71. The summed E-state index contributed by atoms with van der Waals surface area (Å²) in [5, 5.41) is 6.11. The van der Waals surface area contributed by atoms with Crippen LogP contribution in [0.25, 0.3) is 33.6 Å². The van der Waals surface area contributed by atoms with E-state index in [0.717, 1.165) is 33.6 Å². The van der Waals surface area contributed by atoms with Crippen molar-refractivity contribution in [2.75, 3.05) is 0 Å². The molecular weight excluding hydrogens is 334 g/mol. The predicted molar refractivity (Wildman–Crippen MR) is 98.1 cm³/mol. The van der Waals surface area contributed by atoms with E-state index >= 15 is 0 Å². The zero-order chi connectivity index (χ0) is 16.8. The third-order valence-corrected chi connectivity index (χ3v) is 4.41. The summed E-state index contributed by atoms with van der Waals surface area (Å²) in [5.41, 5.74) is 4.47. The molecule has 3 aromatic heterocycles. The number of imidazole rings is 1. The molecule has 0 atom stereocenters. The fourth-order valence-corrected chi connectivity index (χ4v) is 3.07. The maximum absolute atomic E-state index is 5.97. The van der Waals surface area contributed by atoms with Gasteiger partial charge in [-0.15, -0.1) is 0 Å². The Bertz CT molecular complexity index is 1190. The highest BCUT2D eigenvalue weighted by atomic mass is 35.5. The van der Waals surface area contributed by atoms with E-state index in [-0.39, 0.29) is 0 Å². The molecule has 0 amide bonds. The summed E-state index contributed by atoms with van der Waals surface area (Å²) in [7, 11) is 0. The molecule has 0 bridgehead atoms. The zero-order valence-corrected chi connectivity index (χ0v) is 13.8. The van der Waals surface area contributed by atoms with E-state index in [2.05, 4.69) is 10.1 Å². The summed E-state index contributed by atoms with van der Waals surface area (Å²) in [6.45, 7) is 0. The average Bonchev–Trinajstić information content (AvgIpc) is 3.26. The van der Waals surface area contributed by atoms with Crippen LogP contribution in [0.4, 0.5) is 0 Å². The lowest BCUT2D eigenvalue weighted by atomic mass is 10.2. The van der Waals surface area contributed by atoms with E-state index in [4.69, 9.17) is 16.6 Å². The van der Waals surface area contributed by atoms with Gasteiger partial charge in [0, 0.05) is 16.8 Å². The van der Waals surface area contributed by atoms with Crippen LogP contribution in [-0.4, -0.2) is 24.1 Å². The van der Waals surface area contributed by atoms with Crippen molar-refractivity contribution in [2.24, 2.45) is 0 Å². The molecule has 6 heteroatoms. The van der Waals surface area contributed by atoms with Crippen molar-refractivity contribution in [3.8, 4) is 16.9 Å². The van der Waals surface area contributed by atoms with E-state index in [1.54, 1.807) is 6.33 Å². The molecule has 5 nitrogen and oxygen atoms in total. The molecule has 3 heterocycles. The minimum atomic E-state index is 0.709. The molecule has 0 aliphatic carbocycles. The number of hydrogen-bond acceptors (Lipinski definition) is 3. The number of fused-ring (bicyclic) bond motifs is 3. The number of hydrogen-bond donors (Lipinski definition) is 0. The second kappa shape index (κ2) is 5.43. The monoisotopic (exact) mass is 345 g/mol. The second-order valence-corrected chi connectivity index (χ2v) is 6.17. The normalized spacial score (nSPS) is 11.4. The molecule has 0 aliphatic rings. The van der Waals surface area contributed by atoms with Crippen molar-refractivity contribution in [1.29, 1.82) is 0 Å². The van der Waals surface area contributed by atoms with Crippen LogP contribution in [0.3, 0.4) is 0 Å². The predicted octanol–water partition coefficient (Wildman–Crippen LogP) is 4.39. The number of nitrogens with zero attached hydrogens (tertiary/aromatic N) is 5. The molecule has 0 radical (unpaired) electrons. The van der Waals surface area contributed by atoms with E-state index < -0.39 is 0 Å². The van der Waals surface area contributed by atoms with Crippen LogP contribution in [0.5, 0.6) is 0 Å². The van der Waals surface area contributed by atoms with Crippen molar-refractivity contribution >= 4 is 28.3 Å². The van der Waals surface area contributed by atoms with Crippen LogP contribution in [0.1, 0.15) is 0 Å². The van der Waals surface area contributed by atoms with Crippen LogP contribution in [-0.2, 0) is 0 Å². The largest absolute Gasteiger partial charge is 0.289 e. The van der Waals surface area contributed by atoms with Crippen molar-refractivity contribution in [1.82, 2.24) is 24.1 Å². The topological polar surface area (TPSA) is 48.0 Å². The van der Waals surface area contributed by atoms with Crippen LogP contribution >= 0.6 is 11.6 Å². The average molecular weight is 346 g/mol. The van der Waals surface area contributed by atoms with Crippen molar-refractivity contribution in [3.05, 3.63) is 78.3 Å². The Morgan fingerprint density at radius 1 is 0.880 bits per heavy atom. The van der Waals surface area contributed by atoms with Crippen molar-refractivity contribution in [3.63, 3.8) is 0 Å². The van der Waals surface area contributed by atoms with Gasteiger partial charge in [0.2, 0.25) is 0 Å². The molecule has 5 aromatic rings. The molecule has 0 unspecified atom stereocenters. The molecule has 25 heavy (non-hydrogen) atoms. The molecule has 0 aliphatic heterocycles. The number of halogens is 1. The zero-order valence-electron chi connectivity index (χ0n) is 13.0. The fourth-order valence-electron chi connectivity index (χ4n) is 2.94. The van der Waals surface area contributed by atoms with Crippen LogP contribution in [0.2, 0.25) is 5.02 Å². The first-order valence-electron chi connectivity index (χ1n) is 7.82. The maximum atomic E-state index is 5.97. The molecule has 0 saturated carbocycles. The van der Waals surface area contributed by atoms with Crippen LogP contribution in [0.15, 0.2) is 73.3 Å². The lowest BCUT2D eigenvalue weighted by Gasteiger charge is -2.02. The second-order valence-electron chi connectivity index (χ2n) is 5.74. The highest BCUT2D eigenvalue weighted by Crippen LogP contribution is 2.25. The van der Waals surface area contributed by atoms with Crippen LogP contribution < -0.4 is 0 Å². The summed E-state index contributed by atoms with van der Waals surface area (Å²) in [5.74, 6) is 0. The van der Waals surface area contributed by atoms with Crippen molar-refractivity contribution in [2.45, 2.75) is 0 Å². The Kier molecular flexibility index (Phi) is 3.08. The molecule has 5 rings (SSSR count). The quantitative estimate of drug-likeness (QED) is 0.477. The standard InChI is InChI=1S/C19H12ClN5/c20-14-8-6-13(7-9-14)17-11-24-12-21-18-16(19(24)23-17)10-22-25(18)15-4-2-1-3-5-15/h1-12H. The van der Waals surface area contributed by atoms with Gasteiger partial charge in [0.1, 0.15) is 6.33 Å². The summed E-state index contributed by atoms with van der Waals surface area (Å²) in [6.07, 6.45) is 5.54. The van der Waals surface area contributed by atoms with Gasteiger partial charge in [0.05, 0.1) is 23.0 Å². The van der Waals surface area contributed by atoms with Gasteiger partial charge < -0.3 is 0 Å². The van der Waals surface area contributed by atoms with Gasteiger partial charge in [0.25, 0.3) is 0 Å². The molecule has 0 spiro atoms. The Hall–Kier alpha value is -3.18. The lowest BCUT2D eigenvalue weighted by molar-refractivity contribution is 0.893. The van der Waals surface area contributed by atoms with Gasteiger partial charge in [-0.3, -0.25) is 4.40 Å². The molecule has 2 aromatic carbocycles. The first-order valence-corrected chi connectivity index (χ1v) is 8.20. The number of para-hydroxylation sites is 1. The summed E-state index contributed by atoms with van der Waals surface area (Å²) in [6, 6.07) is 17.6. The third-order valence-electron chi connectivity index (χ3n) is 4.16. The van der Waals surface area contributed by atoms with Crippen LogP contribution in [0, 0.1) is 0 Å². The van der Waals surface area contributed by atoms with Gasteiger partial charge >= 0.3 is 0 Å². The Morgan fingerprint density at radius 2 is 1.68 bits per heavy atom. The van der Waals surface area contributed by atoms with E-state index in [1.807, 2.05) is 76.1 Å². The first-order chi connectivity index (χ1) is 12.3. The fraction of sp³-hybridized carbons (Fsp3) is 0.